The van der Waals surface area contributed by atoms with Crippen LogP contribution in [0.5, 0.6) is 11.5 Å². The summed E-state index contributed by atoms with van der Waals surface area (Å²) in [5, 5.41) is 22.8. The zero-order chi connectivity index (χ0) is 14.5. The van der Waals surface area contributed by atoms with Crippen LogP contribution < -0.4 is 5.32 Å². The molecular formula is C15H22N2O3. The van der Waals surface area contributed by atoms with Crippen LogP contribution >= 0.6 is 0 Å². The fourth-order valence-electron chi connectivity index (χ4n) is 2.59. The fraction of sp³-hybridized carbons (Fsp3) is 0.533. The second-order valence-electron chi connectivity index (χ2n) is 5.21. The molecule has 5 heteroatoms. The summed E-state index contributed by atoms with van der Waals surface area (Å²) in [5.74, 6) is -0.0194. The highest BCUT2D eigenvalue weighted by Crippen LogP contribution is 2.29. The summed E-state index contributed by atoms with van der Waals surface area (Å²) >= 11 is 0. The number of hydrogen-bond donors (Lipinski definition) is 3. The number of phenols is 2. The Morgan fingerprint density at radius 1 is 1.30 bits per heavy atom. The molecule has 1 aliphatic heterocycles. The molecule has 1 aromatic rings. The molecule has 2 rings (SSSR count). The average molecular weight is 278 g/mol. The molecular weight excluding hydrogens is 256 g/mol. The van der Waals surface area contributed by atoms with Crippen molar-refractivity contribution < 1.29 is 15.0 Å². The molecule has 1 fully saturated rings. The van der Waals surface area contributed by atoms with Crippen LogP contribution in [-0.2, 0) is 0 Å². The van der Waals surface area contributed by atoms with Crippen molar-refractivity contribution in [2.24, 2.45) is 5.92 Å². The lowest BCUT2D eigenvalue weighted by Gasteiger charge is -2.32. The van der Waals surface area contributed by atoms with E-state index in [1.54, 1.807) is 4.90 Å². The zero-order valence-corrected chi connectivity index (χ0v) is 11.8. The van der Waals surface area contributed by atoms with E-state index in [1.807, 2.05) is 0 Å². The normalized spacial score (nSPS) is 16.4. The Labute approximate surface area is 119 Å². The number of piperidine rings is 1. The van der Waals surface area contributed by atoms with Gasteiger partial charge in [-0.1, -0.05) is 13.0 Å². The maximum absolute atomic E-state index is 12.4. The highest BCUT2D eigenvalue weighted by atomic mass is 16.3. The Morgan fingerprint density at radius 3 is 2.45 bits per heavy atom. The van der Waals surface area contributed by atoms with E-state index in [4.69, 9.17) is 0 Å². The summed E-state index contributed by atoms with van der Waals surface area (Å²) in [5.41, 5.74) is 0.0117. The third-order valence-corrected chi connectivity index (χ3v) is 3.82. The summed E-state index contributed by atoms with van der Waals surface area (Å²) in [6.07, 6.45) is 1.90. The average Bonchev–Trinajstić information content (AvgIpc) is 2.45. The molecule has 5 nitrogen and oxygen atoms in total. The van der Waals surface area contributed by atoms with Crippen molar-refractivity contribution in [2.45, 2.75) is 19.8 Å². The van der Waals surface area contributed by atoms with Gasteiger partial charge >= 0.3 is 0 Å². The molecule has 1 saturated heterocycles. The molecule has 1 heterocycles. The number of rotatable bonds is 4. The molecule has 0 atom stereocenters. The molecule has 20 heavy (non-hydrogen) atoms. The molecule has 3 N–H and O–H groups in total. The van der Waals surface area contributed by atoms with Crippen LogP contribution in [-0.4, -0.2) is 47.2 Å². The van der Waals surface area contributed by atoms with Gasteiger partial charge in [0, 0.05) is 13.1 Å². The lowest BCUT2D eigenvalue weighted by molar-refractivity contribution is 0.0684. The molecule has 0 spiro atoms. The van der Waals surface area contributed by atoms with Crippen molar-refractivity contribution in [1.29, 1.82) is 0 Å². The van der Waals surface area contributed by atoms with Crippen molar-refractivity contribution in [1.82, 2.24) is 10.2 Å². The van der Waals surface area contributed by atoms with Crippen molar-refractivity contribution in [3.63, 3.8) is 0 Å². The third-order valence-electron chi connectivity index (χ3n) is 3.82. The molecule has 0 aliphatic carbocycles. The molecule has 0 bridgehead atoms. The minimum absolute atomic E-state index is 0.0117. The predicted octanol–water partition coefficient (Wildman–Crippen LogP) is 1.56. The van der Waals surface area contributed by atoms with Crippen LogP contribution in [0.4, 0.5) is 0 Å². The summed E-state index contributed by atoms with van der Waals surface area (Å²) in [6, 6.07) is 4.36. The minimum atomic E-state index is -0.289. The summed E-state index contributed by atoms with van der Waals surface area (Å²) in [6.45, 7) is 5.37. The molecule has 1 aromatic carbocycles. The monoisotopic (exact) mass is 278 g/mol. The van der Waals surface area contributed by atoms with Crippen LogP contribution in [0, 0.1) is 5.92 Å². The minimum Gasteiger partial charge on any atom is -0.507 e. The van der Waals surface area contributed by atoms with Gasteiger partial charge in [0.15, 0.2) is 0 Å². The van der Waals surface area contributed by atoms with Gasteiger partial charge in [0.2, 0.25) is 0 Å². The number of nitrogens with one attached hydrogen (secondary N) is 1. The highest BCUT2D eigenvalue weighted by molar-refractivity contribution is 5.99. The topological polar surface area (TPSA) is 72.8 Å². The number of carbonyl (C=O) groups is 1. The Kier molecular flexibility index (Phi) is 4.84. The van der Waals surface area contributed by atoms with E-state index in [9.17, 15) is 15.0 Å². The predicted molar refractivity (Wildman–Crippen MR) is 76.9 cm³/mol. The van der Waals surface area contributed by atoms with E-state index in [2.05, 4.69) is 12.2 Å². The number of hydrogen-bond acceptors (Lipinski definition) is 4. The van der Waals surface area contributed by atoms with Crippen molar-refractivity contribution in [3.8, 4) is 11.5 Å². The zero-order valence-electron chi connectivity index (χ0n) is 11.8. The number of benzene rings is 1. The molecule has 1 aliphatic rings. The van der Waals surface area contributed by atoms with Gasteiger partial charge in [-0.3, -0.25) is 4.79 Å². The largest absolute Gasteiger partial charge is 0.507 e. The Morgan fingerprint density at radius 2 is 1.90 bits per heavy atom. The van der Waals surface area contributed by atoms with E-state index in [1.165, 1.54) is 18.2 Å². The second-order valence-corrected chi connectivity index (χ2v) is 5.21. The van der Waals surface area contributed by atoms with Crippen LogP contribution in [0.15, 0.2) is 18.2 Å². The van der Waals surface area contributed by atoms with E-state index < -0.39 is 0 Å². The van der Waals surface area contributed by atoms with E-state index in [-0.39, 0.29) is 23.0 Å². The first kappa shape index (κ1) is 14.7. The summed E-state index contributed by atoms with van der Waals surface area (Å²) in [7, 11) is 0. The first-order valence-corrected chi connectivity index (χ1v) is 7.14. The number of phenolic OH excluding ortho intramolecular Hbond substituents is 2. The van der Waals surface area contributed by atoms with Gasteiger partial charge in [-0.2, -0.15) is 0 Å². The quantitative estimate of drug-likeness (QED) is 0.781. The number of nitrogens with zero attached hydrogens (tertiary/aromatic N) is 1. The summed E-state index contributed by atoms with van der Waals surface area (Å²) < 4.78 is 0. The summed E-state index contributed by atoms with van der Waals surface area (Å²) in [4.78, 5) is 14.1. The number of carbonyl (C=O) groups excluding carboxylic acids is 1. The maximum Gasteiger partial charge on any atom is 0.261 e. The molecule has 0 radical (unpaired) electrons. The Hall–Kier alpha value is -1.75. The second kappa shape index (κ2) is 6.61. The molecule has 0 unspecified atom stereocenters. The van der Waals surface area contributed by atoms with Gasteiger partial charge in [-0.25, -0.2) is 0 Å². The van der Waals surface area contributed by atoms with Gasteiger partial charge in [-0.15, -0.1) is 0 Å². The van der Waals surface area contributed by atoms with Crippen LogP contribution in [0.3, 0.4) is 0 Å². The number of amides is 1. The SMILES string of the molecule is CCNCC1CCN(C(=O)c2c(O)cccc2O)CC1. The molecule has 0 saturated carbocycles. The van der Waals surface area contributed by atoms with Gasteiger partial charge in [0.25, 0.3) is 5.91 Å². The van der Waals surface area contributed by atoms with Gasteiger partial charge in [0.05, 0.1) is 0 Å². The molecule has 110 valence electrons. The first-order valence-electron chi connectivity index (χ1n) is 7.14. The molecule has 1 amide bonds. The number of aromatic hydroxyl groups is 2. The number of likely N-dealkylation sites (tertiary alicyclic amines) is 1. The lowest BCUT2D eigenvalue weighted by atomic mass is 9.96. The van der Waals surface area contributed by atoms with Gasteiger partial charge in [-0.05, 0) is 44.0 Å². The maximum atomic E-state index is 12.4. The van der Waals surface area contributed by atoms with E-state index in [0.29, 0.717) is 19.0 Å². The molecule has 0 aromatic heterocycles. The Balaban J connectivity index is 1.98. The standard InChI is InChI=1S/C15H22N2O3/c1-2-16-10-11-6-8-17(9-7-11)15(20)14-12(18)4-3-5-13(14)19/h3-5,11,16,18-19H,2,6-10H2,1H3. The van der Waals surface area contributed by atoms with Crippen molar-refractivity contribution >= 4 is 5.91 Å². The third kappa shape index (κ3) is 3.22. The van der Waals surface area contributed by atoms with Gasteiger partial charge < -0.3 is 20.4 Å². The first-order chi connectivity index (χ1) is 9.63. The Bertz CT molecular complexity index is 448. The van der Waals surface area contributed by atoms with E-state index in [0.717, 1.165) is 25.9 Å². The van der Waals surface area contributed by atoms with Crippen molar-refractivity contribution in [3.05, 3.63) is 23.8 Å². The smallest absolute Gasteiger partial charge is 0.261 e. The highest BCUT2D eigenvalue weighted by Gasteiger charge is 2.26. The lowest BCUT2D eigenvalue weighted by Crippen LogP contribution is -2.40. The van der Waals surface area contributed by atoms with Crippen LogP contribution in [0.25, 0.3) is 0 Å². The van der Waals surface area contributed by atoms with Crippen molar-refractivity contribution in [2.75, 3.05) is 26.2 Å². The van der Waals surface area contributed by atoms with Crippen LogP contribution in [0.1, 0.15) is 30.1 Å². The fourth-order valence-corrected chi connectivity index (χ4v) is 2.59. The van der Waals surface area contributed by atoms with Gasteiger partial charge in [0.1, 0.15) is 17.1 Å². The van der Waals surface area contributed by atoms with Crippen LogP contribution in [0.2, 0.25) is 0 Å². The van der Waals surface area contributed by atoms with E-state index >= 15 is 0 Å².